The lowest BCUT2D eigenvalue weighted by molar-refractivity contribution is 0.0899. The summed E-state index contributed by atoms with van der Waals surface area (Å²) in [6.07, 6.45) is 1.51. The minimum atomic E-state index is -0.201. The molecule has 1 heterocycles. The fraction of sp³-hybridized carbons (Fsp3) is 0.353. The maximum Gasteiger partial charge on any atom is 0.287 e. The van der Waals surface area contributed by atoms with E-state index in [0.717, 1.165) is 11.3 Å². The van der Waals surface area contributed by atoms with Gasteiger partial charge in [0.15, 0.2) is 5.76 Å². The number of hydrogen-bond acceptors (Lipinski definition) is 3. The van der Waals surface area contributed by atoms with Gasteiger partial charge in [-0.2, -0.15) is 0 Å². The number of hydrogen-bond donors (Lipinski definition) is 1. The normalized spacial score (nSPS) is 12.2. The van der Waals surface area contributed by atoms with Crippen molar-refractivity contribution in [1.29, 1.82) is 0 Å². The Morgan fingerprint density at radius 3 is 2.57 bits per heavy atom. The van der Waals surface area contributed by atoms with E-state index in [1.807, 2.05) is 37.3 Å². The van der Waals surface area contributed by atoms with Crippen molar-refractivity contribution in [1.82, 2.24) is 5.32 Å². The molecule has 2 rings (SSSR count). The monoisotopic (exact) mass is 287 g/mol. The van der Waals surface area contributed by atoms with Gasteiger partial charge >= 0.3 is 0 Å². The van der Waals surface area contributed by atoms with Crippen molar-refractivity contribution < 1.29 is 13.9 Å². The fourth-order valence-electron chi connectivity index (χ4n) is 1.77. The third-order valence-electron chi connectivity index (χ3n) is 3.45. The van der Waals surface area contributed by atoms with E-state index in [4.69, 9.17) is 9.15 Å². The second kappa shape index (κ2) is 6.97. The molecular weight excluding hydrogens is 266 g/mol. The van der Waals surface area contributed by atoms with E-state index in [-0.39, 0.29) is 11.9 Å². The molecule has 0 bridgehead atoms. The van der Waals surface area contributed by atoms with Gasteiger partial charge in [0.1, 0.15) is 12.4 Å². The maximum atomic E-state index is 12.2. The van der Waals surface area contributed by atoms with Crippen molar-refractivity contribution in [3.05, 3.63) is 54.0 Å². The molecule has 112 valence electrons. The van der Waals surface area contributed by atoms with Crippen molar-refractivity contribution in [2.24, 2.45) is 5.92 Å². The van der Waals surface area contributed by atoms with E-state index in [2.05, 4.69) is 19.2 Å². The molecule has 0 saturated carbocycles. The molecule has 0 radical (unpaired) electrons. The largest absolute Gasteiger partial charge is 0.489 e. The Bertz CT molecular complexity index is 575. The van der Waals surface area contributed by atoms with Crippen LogP contribution in [0.25, 0.3) is 0 Å². The Morgan fingerprint density at radius 2 is 1.90 bits per heavy atom. The maximum absolute atomic E-state index is 12.2. The van der Waals surface area contributed by atoms with Gasteiger partial charge in [0.05, 0.1) is 6.26 Å². The molecule has 4 heteroatoms. The first-order chi connectivity index (χ1) is 10.1. The molecule has 0 spiro atoms. The summed E-state index contributed by atoms with van der Waals surface area (Å²) in [4.78, 5) is 12.2. The lowest BCUT2D eigenvalue weighted by Gasteiger charge is -2.17. The zero-order valence-corrected chi connectivity index (χ0v) is 12.6. The SMILES string of the molecule is CC(C)C(C)NC(=O)c1occc1COc1ccccc1. The van der Waals surface area contributed by atoms with Crippen LogP contribution in [0.15, 0.2) is 47.1 Å². The van der Waals surface area contributed by atoms with Crippen molar-refractivity contribution in [2.45, 2.75) is 33.4 Å². The second-order valence-corrected chi connectivity index (χ2v) is 5.38. The summed E-state index contributed by atoms with van der Waals surface area (Å²) in [7, 11) is 0. The molecule has 1 atom stereocenters. The summed E-state index contributed by atoms with van der Waals surface area (Å²) in [6, 6.07) is 11.3. The number of carbonyl (C=O) groups is 1. The van der Waals surface area contributed by atoms with Crippen LogP contribution in [-0.4, -0.2) is 11.9 Å². The van der Waals surface area contributed by atoms with Gasteiger partial charge in [0.2, 0.25) is 0 Å². The Morgan fingerprint density at radius 1 is 1.19 bits per heavy atom. The highest BCUT2D eigenvalue weighted by Gasteiger charge is 2.19. The van der Waals surface area contributed by atoms with E-state index in [9.17, 15) is 4.79 Å². The number of rotatable bonds is 6. The highest BCUT2D eigenvalue weighted by Crippen LogP contribution is 2.16. The summed E-state index contributed by atoms with van der Waals surface area (Å²) in [5.74, 6) is 1.25. The van der Waals surface area contributed by atoms with Crippen molar-refractivity contribution in [3.8, 4) is 5.75 Å². The Kier molecular flexibility index (Phi) is 5.04. The lowest BCUT2D eigenvalue weighted by atomic mass is 10.1. The fourth-order valence-corrected chi connectivity index (χ4v) is 1.77. The molecule has 1 amide bonds. The molecule has 2 aromatic rings. The highest BCUT2D eigenvalue weighted by molar-refractivity contribution is 5.93. The van der Waals surface area contributed by atoms with Gasteiger partial charge in [0, 0.05) is 11.6 Å². The number of furan rings is 1. The third kappa shape index (κ3) is 4.12. The number of ether oxygens (including phenoxy) is 1. The van der Waals surface area contributed by atoms with Gasteiger partial charge in [-0.15, -0.1) is 0 Å². The Labute approximate surface area is 125 Å². The predicted octanol–water partition coefficient (Wildman–Crippen LogP) is 3.63. The molecule has 4 nitrogen and oxygen atoms in total. The van der Waals surface area contributed by atoms with Gasteiger partial charge < -0.3 is 14.5 Å². The van der Waals surface area contributed by atoms with Crippen LogP contribution in [0.2, 0.25) is 0 Å². The van der Waals surface area contributed by atoms with Gasteiger partial charge in [-0.25, -0.2) is 0 Å². The molecule has 1 N–H and O–H groups in total. The van der Waals surface area contributed by atoms with Crippen molar-refractivity contribution >= 4 is 5.91 Å². The molecule has 21 heavy (non-hydrogen) atoms. The zero-order chi connectivity index (χ0) is 15.2. The van der Waals surface area contributed by atoms with E-state index in [1.165, 1.54) is 6.26 Å². The quantitative estimate of drug-likeness (QED) is 0.882. The van der Waals surface area contributed by atoms with Crippen LogP contribution < -0.4 is 10.1 Å². The van der Waals surface area contributed by atoms with Crippen LogP contribution in [-0.2, 0) is 6.61 Å². The van der Waals surface area contributed by atoms with Crippen LogP contribution in [0.5, 0.6) is 5.75 Å². The summed E-state index contributed by atoms with van der Waals surface area (Å²) >= 11 is 0. The van der Waals surface area contributed by atoms with Crippen molar-refractivity contribution in [3.63, 3.8) is 0 Å². The smallest absolute Gasteiger partial charge is 0.287 e. The topological polar surface area (TPSA) is 51.5 Å². The van der Waals surface area contributed by atoms with E-state index >= 15 is 0 Å². The lowest BCUT2D eigenvalue weighted by Crippen LogP contribution is -2.36. The van der Waals surface area contributed by atoms with Crippen LogP contribution in [0, 0.1) is 5.92 Å². The summed E-state index contributed by atoms with van der Waals surface area (Å²) < 4.78 is 11.0. The summed E-state index contributed by atoms with van der Waals surface area (Å²) in [5.41, 5.74) is 0.743. The highest BCUT2D eigenvalue weighted by atomic mass is 16.5. The molecule has 0 aliphatic carbocycles. The molecular formula is C17H21NO3. The first-order valence-electron chi connectivity index (χ1n) is 7.13. The second-order valence-electron chi connectivity index (χ2n) is 5.38. The molecule has 0 saturated heterocycles. The van der Waals surface area contributed by atoms with Crippen LogP contribution in [0.4, 0.5) is 0 Å². The van der Waals surface area contributed by atoms with Crippen LogP contribution >= 0.6 is 0 Å². The molecule has 0 fully saturated rings. The molecule has 1 aromatic carbocycles. The minimum Gasteiger partial charge on any atom is -0.489 e. The number of amides is 1. The standard InChI is InChI=1S/C17H21NO3/c1-12(2)13(3)18-17(19)16-14(9-10-20-16)11-21-15-7-5-4-6-8-15/h4-10,12-13H,11H2,1-3H3,(H,18,19). The van der Waals surface area contributed by atoms with Gasteiger partial charge in [-0.1, -0.05) is 32.0 Å². The zero-order valence-electron chi connectivity index (χ0n) is 12.6. The van der Waals surface area contributed by atoms with Crippen LogP contribution in [0.1, 0.15) is 36.9 Å². The van der Waals surface area contributed by atoms with Gasteiger partial charge in [0.25, 0.3) is 5.91 Å². The predicted molar refractivity (Wildman–Crippen MR) is 81.2 cm³/mol. The Hall–Kier alpha value is -2.23. The number of para-hydroxylation sites is 1. The van der Waals surface area contributed by atoms with Gasteiger partial charge in [-0.3, -0.25) is 4.79 Å². The number of nitrogens with one attached hydrogen (secondary N) is 1. The Balaban J connectivity index is 2.00. The first-order valence-corrected chi connectivity index (χ1v) is 7.13. The van der Waals surface area contributed by atoms with E-state index in [0.29, 0.717) is 18.3 Å². The number of benzene rings is 1. The average Bonchev–Trinajstić information content (AvgIpc) is 2.94. The van der Waals surface area contributed by atoms with Gasteiger partial charge in [-0.05, 0) is 31.0 Å². The molecule has 1 aromatic heterocycles. The van der Waals surface area contributed by atoms with Crippen LogP contribution in [0.3, 0.4) is 0 Å². The third-order valence-corrected chi connectivity index (χ3v) is 3.45. The van der Waals surface area contributed by atoms with E-state index in [1.54, 1.807) is 6.07 Å². The summed E-state index contributed by atoms with van der Waals surface area (Å²) in [5, 5.41) is 2.93. The van der Waals surface area contributed by atoms with E-state index < -0.39 is 0 Å². The first kappa shape index (κ1) is 15.2. The average molecular weight is 287 g/mol. The molecule has 0 aliphatic heterocycles. The molecule has 0 aliphatic rings. The minimum absolute atomic E-state index is 0.0884. The van der Waals surface area contributed by atoms with Crippen molar-refractivity contribution in [2.75, 3.05) is 0 Å². The molecule has 1 unspecified atom stereocenters. The number of carbonyl (C=O) groups excluding carboxylic acids is 1. The summed E-state index contributed by atoms with van der Waals surface area (Å²) in [6.45, 7) is 6.41.